The lowest BCUT2D eigenvalue weighted by Gasteiger charge is -2.43. The van der Waals surface area contributed by atoms with Crippen molar-refractivity contribution in [3.63, 3.8) is 0 Å². The van der Waals surface area contributed by atoms with Crippen LogP contribution in [0.25, 0.3) is 0 Å². The standard InChI is InChI=1S/C23H21FN2O5S2/c24-10-5-3-9(4-6-10)14-15-11-8-12(18(15)32-20-19(14)33-23(31)25-20)17-16(11)21(29)26(22(17)30)7-1-2-13(27)28/h3-6,11-12,14-18H,1-2,7-8H2,(H,25,31)(H,27,28)/t11-,12+,14+,15+,16+,17+,18+/m0/s1. The van der Waals surface area contributed by atoms with Gasteiger partial charge in [-0.2, -0.15) is 0 Å². The van der Waals surface area contributed by atoms with Gasteiger partial charge in [-0.3, -0.25) is 24.1 Å². The number of nitrogens with one attached hydrogen (secondary N) is 1. The molecule has 33 heavy (non-hydrogen) atoms. The number of aromatic nitrogens is 1. The van der Waals surface area contributed by atoms with Crippen molar-refractivity contribution in [2.75, 3.05) is 6.54 Å². The van der Waals surface area contributed by atoms with E-state index in [1.165, 1.54) is 28.4 Å². The van der Waals surface area contributed by atoms with Crippen molar-refractivity contribution in [2.45, 2.75) is 35.5 Å². The number of carboxylic acid groups (broad SMARTS) is 1. The summed E-state index contributed by atoms with van der Waals surface area (Å²) >= 11 is 2.78. The topological polar surface area (TPSA) is 108 Å². The molecule has 0 radical (unpaired) electrons. The van der Waals surface area contributed by atoms with Crippen LogP contribution in [0.5, 0.6) is 0 Å². The lowest BCUT2D eigenvalue weighted by molar-refractivity contribution is -0.142. The number of halogens is 1. The molecule has 3 fully saturated rings. The van der Waals surface area contributed by atoms with Crippen molar-refractivity contribution in [1.29, 1.82) is 0 Å². The SMILES string of the molecule is O=C(O)CCCN1C(=O)[C@@H]2[C@H]3C[C@@H]([C@H]4Sc5[nH]c(=O)sc5[C@H](c5ccc(F)cc5)[C@@H]34)[C@H]2C1=O. The van der Waals surface area contributed by atoms with Crippen molar-refractivity contribution in [3.05, 3.63) is 50.2 Å². The maximum atomic E-state index is 13.7. The van der Waals surface area contributed by atoms with Gasteiger partial charge in [-0.25, -0.2) is 4.39 Å². The highest BCUT2D eigenvalue weighted by Gasteiger charge is 2.69. The summed E-state index contributed by atoms with van der Waals surface area (Å²) in [4.78, 5) is 54.7. The van der Waals surface area contributed by atoms with Gasteiger partial charge in [0.15, 0.2) is 0 Å². The maximum Gasteiger partial charge on any atom is 0.305 e. The number of hydrogen-bond donors (Lipinski definition) is 2. The largest absolute Gasteiger partial charge is 0.481 e. The molecule has 0 unspecified atom stereocenters. The molecule has 2 N–H and O–H groups in total. The molecule has 2 bridgehead atoms. The third-order valence-corrected chi connectivity index (χ3v) is 10.4. The first-order chi connectivity index (χ1) is 15.8. The molecule has 6 rings (SSSR count). The Labute approximate surface area is 196 Å². The third-order valence-electron chi connectivity index (χ3n) is 7.82. The summed E-state index contributed by atoms with van der Waals surface area (Å²) < 4.78 is 13.7. The minimum atomic E-state index is -0.945. The van der Waals surface area contributed by atoms with E-state index in [2.05, 4.69) is 4.98 Å². The number of aliphatic carboxylic acids is 1. The normalized spacial score (nSPS) is 33.8. The minimum absolute atomic E-state index is 0.00108. The van der Waals surface area contributed by atoms with Gasteiger partial charge in [-0.05, 0) is 48.3 Å². The second-order valence-electron chi connectivity index (χ2n) is 9.34. The zero-order valence-corrected chi connectivity index (χ0v) is 19.0. The number of likely N-dealkylation sites (tertiary alicyclic amines) is 1. The highest BCUT2D eigenvalue weighted by Crippen LogP contribution is 2.68. The molecule has 4 aliphatic rings. The number of fused-ring (bicyclic) bond motifs is 9. The van der Waals surface area contributed by atoms with Gasteiger partial charge in [0, 0.05) is 29.0 Å². The number of H-pyrrole nitrogens is 1. The predicted octanol–water partition coefficient (Wildman–Crippen LogP) is 2.91. The van der Waals surface area contributed by atoms with Crippen LogP contribution in [0.1, 0.15) is 35.6 Å². The molecular weight excluding hydrogens is 467 g/mol. The molecular formula is C23H21FN2O5S2. The number of nitrogens with zero attached hydrogens (tertiary/aromatic N) is 1. The van der Waals surface area contributed by atoms with Gasteiger partial charge >= 0.3 is 10.8 Å². The Kier molecular flexibility index (Phi) is 4.81. The molecule has 3 heterocycles. The van der Waals surface area contributed by atoms with E-state index in [9.17, 15) is 23.6 Å². The van der Waals surface area contributed by atoms with Crippen LogP contribution >= 0.6 is 23.1 Å². The number of carbonyl (C=O) groups is 3. The summed E-state index contributed by atoms with van der Waals surface area (Å²) in [5.41, 5.74) is 0.919. The van der Waals surface area contributed by atoms with Crippen molar-refractivity contribution >= 4 is 40.9 Å². The predicted molar refractivity (Wildman–Crippen MR) is 118 cm³/mol. The third kappa shape index (κ3) is 3.06. The fraction of sp³-hybridized carbons (Fsp3) is 0.478. The number of hydrogen-bond acceptors (Lipinski definition) is 6. The van der Waals surface area contributed by atoms with Gasteiger partial charge in [0.1, 0.15) is 5.82 Å². The van der Waals surface area contributed by atoms with Gasteiger partial charge in [-0.15, -0.1) is 11.8 Å². The number of thiazole rings is 1. The highest BCUT2D eigenvalue weighted by molar-refractivity contribution is 8.00. The average Bonchev–Trinajstić information content (AvgIpc) is 3.49. The molecule has 2 aliphatic heterocycles. The van der Waals surface area contributed by atoms with Crippen molar-refractivity contribution in [1.82, 2.24) is 9.88 Å². The number of carboxylic acids is 1. The Bertz CT molecular complexity index is 1220. The molecule has 2 aliphatic carbocycles. The van der Waals surface area contributed by atoms with E-state index >= 15 is 0 Å². The number of imide groups is 1. The van der Waals surface area contributed by atoms with Crippen LogP contribution in [-0.4, -0.2) is 44.6 Å². The summed E-state index contributed by atoms with van der Waals surface area (Å²) in [7, 11) is 0. The zero-order chi connectivity index (χ0) is 23.0. The van der Waals surface area contributed by atoms with Crippen LogP contribution in [-0.2, 0) is 14.4 Å². The van der Waals surface area contributed by atoms with Crippen LogP contribution < -0.4 is 4.87 Å². The fourth-order valence-corrected chi connectivity index (χ4v) is 9.62. The van der Waals surface area contributed by atoms with Crippen LogP contribution in [0.2, 0.25) is 0 Å². The lowest BCUT2D eigenvalue weighted by atomic mass is 9.68. The molecule has 1 saturated heterocycles. The molecule has 7 nitrogen and oxygen atoms in total. The number of thioether (sulfide) groups is 1. The van der Waals surface area contributed by atoms with E-state index in [1.807, 2.05) is 0 Å². The summed E-state index contributed by atoms with van der Waals surface area (Å²) in [5.74, 6) is -2.44. The molecule has 10 heteroatoms. The van der Waals surface area contributed by atoms with Crippen LogP contribution in [0, 0.1) is 35.4 Å². The van der Waals surface area contributed by atoms with E-state index in [4.69, 9.17) is 5.11 Å². The van der Waals surface area contributed by atoms with E-state index in [-0.39, 0.29) is 76.7 Å². The Balaban J connectivity index is 1.37. The number of rotatable bonds is 5. The van der Waals surface area contributed by atoms with Gasteiger partial charge < -0.3 is 10.1 Å². The fourth-order valence-electron chi connectivity index (χ4n) is 6.73. The Morgan fingerprint density at radius 2 is 1.82 bits per heavy atom. The lowest BCUT2D eigenvalue weighted by Crippen LogP contribution is -2.42. The smallest absolute Gasteiger partial charge is 0.305 e. The van der Waals surface area contributed by atoms with E-state index < -0.39 is 11.9 Å². The summed E-state index contributed by atoms with van der Waals surface area (Å²) in [6.07, 6.45) is 0.954. The van der Waals surface area contributed by atoms with Crippen molar-refractivity contribution in [3.8, 4) is 0 Å². The monoisotopic (exact) mass is 488 g/mol. The quantitative estimate of drug-likeness (QED) is 0.627. The number of amides is 2. The van der Waals surface area contributed by atoms with Gasteiger partial charge in [0.2, 0.25) is 11.8 Å². The number of benzene rings is 1. The molecule has 2 aromatic rings. The summed E-state index contributed by atoms with van der Waals surface area (Å²) in [5, 5.41) is 9.82. The Hall–Kier alpha value is -2.46. The highest BCUT2D eigenvalue weighted by atomic mass is 32.2. The van der Waals surface area contributed by atoms with Crippen LogP contribution in [0.4, 0.5) is 4.39 Å². The van der Waals surface area contributed by atoms with E-state index in [0.29, 0.717) is 0 Å². The van der Waals surface area contributed by atoms with Gasteiger partial charge in [0.25, 0.3) is 0 Å². The molecule has 2 amide bonds. The Morgan fingerprint density at radius 3 is 2.52 bits per heavy atom. The first kappa shape index (κ1) is 21.1. The number of aromatic amines is 1. The van der Waals surface area contributed by atoms with Crippen molar-refractivity contribution in [2.24, 2.45) is 29.6 Å². The zero-order valence-electron chi connectivity index (χ0n) is 17.4. The first-order valence-corrected chi connectivity index (χ1v) is 12.8. The molecule has 7 atom stereocenters. The second kappa shape index (κ2) is 7.53. The van der Waals surface area contributed by atoms with Gasteiger partial charge in [-0.1, -0.05) is 23.5 Å². The second-order valence-corrected chi connectivity index (χ2v) is 11.5. The van der Waals surface area contributed by atoms with E-state index in [0.717, 1.165) is 21.9 Å². The summed E-state index contributed by atoms with van der Waals surface area (Å²) in [6.45, 7) is 0.140. The number of carbonyl (C=O) groups excluding carboxylic acids is 2. The molecule has 1 aromatic heterocycles. The maximum absolute atomic E-state index is 13.7. The summed E-state index contributed by atoms with van der Waals surface area (Å²) in [6, 6.07) is 6.35. The first-order valence-electron chi connectivity index (χ1n) is 11.1. The van der Waals surface area contributed by atoms with Crippen molar-refractivity contribution < 1.29 is 23.9 Å². The molecule has 2 saturated carbocycles. The van der Waals surface area contributed by atoms with E-state index in [1.54, 1.807) is 23.9 Å². The minimum Gasteiger partial charge on any atom is -0.481 e. The van der Waals surface area contributed by atoms with Gasteiger partial charge in [0.05, 0.1) is 16.9 Å². The molecule has 1 aromatic carbocycles. The van der Waals surface area contributed by atoms with Crippen LogP contribution in [0.15, 0.2) is 34.1 Å². The molecule has 0 spiro atoms. The van der Waals surface area contributed by atoms with Crippen LogP contribution in [0.3, 0.4) is 0 Å². The molecule has 172 valence electrons. The Morgan fingerprint density at radius 1 is 1.12 bits per heavy atom. The average molecular weight is 489 g/mol.